The zero-order chi connectivity index (χ0) is 10.3. The smallest absolute Gasteiger partial charge is 0.313 e. The maximum Gasteiger partial charge on any atom is 0.313 e. The molecule has 1 unspecified atom stereocenters. The Morgan fingerprint density at radius 2 is 2.08 bits per heavy atom. The van der Waals surface area contributed by atoms with E-state index in [1.54, 1.807) is 6.08 Å². The van der Waals surface area contributed by atoms with Gasteiger partial charge in [-0.05, 0) is 12.8 Å². The highest BCUT2D eigenvalue weighted by atomic mass is 16.4. The second kappa shape index (κ2) is 5.79. The van der Waals surface area contributed by atoms with Crippen LogP contribution >= 0.6 is 0 Å². The molecule has 0 bridgehead atoms. The molecule has 0 aliphatic heterocycles. The second-order valence-electron chi connectivity index (χ2n) is 3.48. The summed E-state index contributed by atoms with van der Waals surface area (Å²) < 4.78 is 0. The molecule has 0 amide bonds. The van der Waals surface area contributed by atoms with Crippen LogP contribution in [0.2, 0.25) is 0 Å². The number of carboxylic acids is 1. The molecule has 0 radical (unpaired) electrons. The Kier molecular flexibility index (Phi) is 5.44. The molecule has 1 atom stereocenters. The van der Waals surface area contributed by atoms with Crippen molar-refractivity contribution in [1.82, 2.24) is 0 Å². The van der Waals surface area contributed by atoms with Crippen LogP contribution in [-0.2, 0) is 4.79 Å². The monoisotopic (exact) mass is 184 g/mol. The van der Waals surface area contributed by atoms with E-state index >= 15 is 0 Å². The first-order chi connectivity index (χ1) is 6.13. The summed E-state index contributed by atoms with van der Waals surface area (Å²) in [5.41, 5.74) is -0.685. The van der Waals surface area contributed by atoms with Crippen LogP contribution in [0.1, 0.15) is 46.0 Å². The Balaban J connectivity index is 4.22. The lowest BCUT2D eigenvalue weighted by Gasteiger charge is -2.23. The van der Waals surface area contributed by atoms with Crippen molar-refractivity contribution in [3.8, 4) is 0 Å². The quantitative estimate of drug-likeness (QED) is 0.487. The van der Waals surface area contributed by atoms with E-state index in [4.69, 9.17) is 5.11 Å². The molecule has 0 spiro atoms. The fraction of sp³-hybridized carbons (Fsp3) is 0.727. The van der Waals surface area contributed by atoms with Crippen LogP contribution in [0, 0.1) is 5.41 Å². The summed E-state index contributed by atoms with van der Waals surface area (Å²) in [7, 11) is 0. The first kappa shape index (κ1) is 12.2. The lowest BCUT2D eigenvalue weighted by atomic mass is 9.80. The van der Waals surface area contributed by atoms with E-state index in [1.807, 2.05) is 6.92 Å². The summed E-state index contributed by atoms with van der Waals surface area (Å²) in [5, 5.41) is 9.05. The van der Waals surface area contributed by atoms with Gasteiger partial charge in [0.1, 0.15) is 0 Å². The second-order valence-corrected chi connectivity index (χ2v) is 3.48. The van der Waals surface area contributed by atoms with Gasteiger partial charge in [0.05, 0.1) is 5.41 Å². The lowest BCUT2D eigenvalue weighted by Crippen LogP contribution is -2.27. The maximum atomic E-state index is 11.0. The van der Waals surface area contributed by atoms with E-state index < -0.39 is 11.4 Å². The van der Waals surface area contributed by atoms with Crippen LogP contribution in [0.15, 0.2) is 12.7 Å². The van der Waals surface area contributed by atoms with Gasteiger partial charge in [0, 0.05) is 0 Å². The first-order valence-electron chi connectivity index (χ1n) is 5.00. The number of unbranched alkanes of at least 4 members (excludes halogenated alkanes) is 2. The first-order valence-corrected chi connectivity index (χ1v) is 5.00. The van der Waals surface area contributed by atoms with E-state index in [2.05, 4.69) is 13.5 Å². The Labute approximate surface area is 80.7 Å². The highest BCUT2D eigenvalue weighted by Gasteiger charge is 2.32. The number of hydrogen-bond acceptors (Lipinski definition) is 1. The number of aliphatic carboxylic acids is 1. The van der Waals surface area contributed by atoms with Gasteiger partial charge >= 0.3 is 5.97 Å². The zero-order valence-corrected chi connectivity index (χ0v) is 8.68. The van der Waals surface area contributed by atoms with Crippen LogP contribution < -0.4 is 0 Å². The zero-order valence-electron chi connectivity index (χ0n) is 8.68. The average Bonchev–Trinajstić information content (AvgIpc) is 2.13. The fourth-order valence-electron chi connectivity index (χ4n) is 1.46. The van der Waals surface area contributed by atoms with Gasteiger partial charge in [-0.3, -0.25) is 4.79 Å². The van der Waals surface area contributed by atoms with Crippen molar-refractivity contribution in [3.63, 3.8) is 0 Å². The van der Waals surface area contributed by atoms with Crippen molar-refractivity contribution >= 4 is 5.97 Å². The Bertz CT molecular complexity index is 175. The third kappa shape index (κ3) is 3.21. The third-order valence-electron chi connectivity index (χ3n) is 2.67. The predicted molar refractivity (Wildman–Crippen MR) is 54.7 cm³/mol. The Morgan fingerprint density at radius 1 is 1.46 bits per heavy atom. The van der Waals surface area contributed by atoms with E-state index in [9.17, 15) is 4.79 Å². The summed E-state index contributed by atoms with van der Waals surface area (Å²) in [6, 6.07) is 0. The molecule has 0 aliphatic rings. The van der Waals surface area contributed by atoms with Gasteiger partial charge in [-0.25, -0.2) is 0 Å². The highest BCUT2D eigenvalue weighted by Crippen LogP contribution is 2.30. The van der Waals surface area contributed by atoms with Gasteiger partial charge in [0.2, 0.25) is 0 Å². The summed E-state index contributed by atoms with van der Waals surface area (Å²) in [6.07, 6.45) is 6.14. The van der Waals surface area contributed by atoms with E-state index in [0.717, 1.165) is 25.7 Å². The Hall–Kier alpha value is -0.790. The van der Waals surface area contributed by atoms with E-state index in [1.165, 1.54) is 0 Å². The summed E-state index contributed by atoms with van der Waals surface area (Å²) in [6.45, 7) is 7.64. The molecule has 76 valence electrons. The summed E-state index contributed by atoms with van der Waals surface area (Å²) in [5.74, 6) is -0.735. The van der Waals surface area contributed by atoms with Gasteiger partial charge in [0.25, 0.3) is 0 Å². The van der Waals surface area contributed by atoms with Crippen molar-refractivity contribution in [2.24, 2.45) is 5.41 Å². The largest absolute Gasteiger partial charge is 0.481 e. The maximum absolute atomic E-state index is 11.0. The van der Waals surface area contributed by atoms with E-state index in [-0.39, 0.29) is 0 Å². The molecule has 0 saturated heterocycles. The minimum atomic E-state index is -0.735. The molecule has 0 rings (SSSR count). The molecule has 0 saturated carbocycles. The standard InChI is InChI=1S/C11H20O2/c1-4-7-8-9-11(5-2,6-3)10(12)13/h5H,2,4,6-9H2,1,3H3,(H,12,13). The summed E-state index contributed by atoms with van der Waals surface area (Å²) >= 11 is 0. The van der Waals surface area contributed by atoms with Crippen LogP contribution in [0.4, 0.5) is 0 Å². The molecule has 0 heterocycles. The molecule has 0 aromatic rings. The molecule has 2 heteroatoms. The number of rotatable bonds is 7. The van der Waals surface area contributed by atoms with E-state index in [0.29, 0.717) is 6.42 Å². The molecule has 1 N–H and O–H groups in total. The number of carboxylic acid groups (broad SMARTS) is 1. The molecule has 0 aliphatic carbocycles. The fourth-order valence-corrected chi connectivity index (χ4v) is 1.46. The molecule has 13 heavy (non-hydrogen) atoms. The third-order valence-corrected chi connectivity index (χ3v) is 2.67. The van der Waals surface area contributed by atoms with Gasteiger partial charge in [-0.1, -0.05) is 39.2 Å². The number of hydrogen-bond donors (Lipinski definition) is 1. The minimum Gasteiger partial charge on any atom is -0.481 e. The molecule has 0 fully saturated rings. The SMILES string of the molecule is C=CC(CC)(CCCCC)C(=O)O. The predicted octanol–water partition coefficient (Wildman–Crippen LogP) is 3.23. The highest BCUT2D eigenvalue weighted by molar-refractivity contribution is 5.76. The molecule has 2 nitrogen and oxygen atoms in total. The average molecular weight is 184 g/mol. The summed E-state index contributed by atoms with van der Waals surface area (Å²) in [4.78, 5) is 11.0. The molecule has 0 aromatic carbocycles. The van der Waals surface area contributed by atoms with Crippen LogP contribution in [0.3, 0.4) is 0 Å². The van der Waals surface area contributed by atoms with Crippen molar-refractivity contribution in [1.29, 1.82) is 0 Å². The molecular formula is C11H20O2. The van der Waals surface area contributed by atoms with Gasteiger partial charge in [-0.15, -0.1) is 6.58 Å². The van der Waals surface area contributed by atoms with Crippen LogP contribution in [-0.4, -0.2) is 11.1 Å². The van der Waals surface area contributed by atoms with Crippen LogP contribution in [0.5, 0.6) is 0 Å². The Morgan fingerprint density at radius 3 is 2.38 bits per heavy atom. The molecular weight excluding hydrogens is 164 g/mol. The van der Waals surface area contributed by atoms with Crippen molar-refractivity contribution < 1.29 is 9.90 Å². The van der Waals surface area contributed by atoms with Gasteiger partial charge < -0.3 is 5.11 Å². The van der Waals surface area contributed by atoms with Crippen molar-refractivity contribution in [2.75, 3.05) is 0 Å². The van der Waals surface area contributed by atoms with Gasteiger partial charge in [0.15, 0.2) is 0 Å². The van der Waals surface area contributed by atoms with Gasteiger partial charge in [-0.2, -0.15) is 0 Å². The lowest BCUT2D eigenvalue weighted by molar-refractivity contribution is -0.146. The topological polar surface area (TPSA) is 37.3 Å². The normalized spacial score (nSPS) is 14.9. The van der Waals surface area contributed by atoms with Crippen LogP contribution in [0.25, 0.3) is 0 Å². The minimum absolute atomic E-state index is 0.634. The number of carbonyl (C=O) groups is 1. The van der Waals surface area contributed by atoms with Crippen molar-refractivity contribution in [3.05, 3.63) is 12.7 Å². The van der Waals surface area contributed by atoms with Crippen molar-refractivity contribution in [2.45, 2.75) is 46.0 Å². The molecule has 0 aromatic heterocycles.